The predicted octanol–water partition coefficient (Wildman–Crippen LogP) is 13.1. The van der Waals surface area contributed by atoms with Gasteiger partial charge in [0.25, 0.3) is 0 Å². The third-order valence-corrected chi connectivity index (χ3v) is 10.2. The van der Waals surface area contributed by atoms with E-state index in [-0.39, 0.29) is 0 Å². The minimum absolute atomic E-state index is 0.573. The number of nitrogens with zero attached hydrogens (tertiary/aromatic N) is 5. The highest BCUT2D eigenvalue weighted by Gasteiger charge is 2.20. The largest absolute Gasteiger partial charge is 0.310 e. The van der Waals surface area contributed by atoms with Crippen LogP contribution in [0.2, 0.25) is 0 Å². The zero-order chi connectivity index (χ0) is 37.3. The monoisotopic (exact) mass is 717 g/mol. The van der Waals surface area contributed by atoms with E-state index in [0.29, 0.717) is 17.6 Å². The number of para-hydroxylation sites is 3. The Morgan fingerprint density at radius 1 is 0.339 bits per heavy atom. The van der Waals surface area contributed by atoms with Gasteiger partial charge in [0.05, 0.1) is 11.0 Å². The van der Waals surface area contributed by atoms with Crippen LogP contribution in [0.3, 0.4) is 0 Å². The Morgan fingerprint density at radius 2 is 0.821 bits per heavy atom. The molecule has 264 valence electrons. The topological polar surface area (TPSA) is 46.8 Å². The number of aromatic nitrogens is 4. The summed E-state index contributed by atoms with van der Waals surface area (Å²) < 4.78 is 2.18. The van der Waals surface area contributed by atoms with Gasteiger partial charge in [-0.15, -0.1) is 0 Å². The zero-order valence-electron chi connectivity index (χ0n) is 30.4. The number of hydrogen-bond donors (Lipinski definition) is 0. The van der Waals surface area contributed by atoms with Crippen molar-refractivity contribution in [3.63, 3.8) is 0 Å². The highest BCUT2D eigenvalue weighted by Crippen LogP contribution is 2.39. The molecule has 0 saturated carbocycles. The number of fused-ring (bicyclic) bond motifs is 3. The number of anilines is 3. The summed E-state index contributed by atoms with van der Waals surface area (Å²) in [7, 11) is 0. The summed E-state index contributed by atoms with van der Waals surface area (Å²) in [6, 6.07) is 73.9. The molecule has 0 atom stereocenters. The van der Waals surface area contributed by atoms with Crippen LogP contribution in [0.25, 0.3) is 72.8 Å². The fourth-order valence-corrected chi connectivity index (χ4v) is 7.64. The first-order valence-corrected chi connectivity index (χ1v) is 18.8. The predicted molar refractivity (Wildman–Crippen MR) is 231 cm³/mol. The maximum absolute atomic E-state index is 5.22. The van der Waals surface area contributed by atoms with E-state index in [2.05, 4.69) is 179 Å². The molecule has 8 aromatic carbocycles. The smallest absolute Gasteiger partial charge is 0.238 e. The van der Waals surface area contributed by atoms with Crippen molar-refractivity contribution in [2.24, 2.45) is 0 Å². The molecule has 5 nitrogen and oxygen atoms in total. The van der Waals surface area contributed by atoms with Gasteiger partial charge < -0.3 is 4.90 Å². The van der Waals surface area contributed by atoms with Crippen LogP contribution in [0.5, 0.6) is 0 Å². The summed E-state index contributed by atoms with van der Waals surface area (Å²) in [6.45, 7) is 0. The Bertz CT molecular complexity index is 2900. The minimum atomic E-state index is 0.573. The van der Waals surface area contributed by atoms with Crippen LogP contribution >= 0.6 is 0 Å². The SMILES string of the molecule is c1ccc(-c2nc(-c3ccc(-c4cccc(N(c5ccccc5)c5ccccc5)c4)cc3)nc(-n3c4ccccc4c4c(-c5ccccc5)cccc43)n2)cc1. The molecule has 0 aliphatic heterocycles. The summed E-state index contributed by atoms with van der Waals surface area (Å²) in [5.41, 5.74) is 11.8. The van der Waals surface area contributed by atoms with Gasteiger partial charge in [0, 0.05) is 39.0 Å². The molecule has 0 aliphatic rings. The quantitative estimate of drug-likeness (QED) is 0.157. The van der Waals surface area contributed by atoms with E-state index in [4.69, 9.17) is 15.0 Å². The van der Waals surface area contributed by atoms with E-state index in [1.807, 2.05) is 42.5 Å². The van der Waals surface area contributed by atoms with E-state index >= 15 is 0 Å². The molecule has 0 unspecified atom stereocenters. The van der Waals surface area contributed by atoms with Crippen molar-refractivity contribution in [2.75, 3.05) is 4.90 Å². The van der Waals surface area contributed by atoms with Gasteiger partial charge in [-0.1, -0.05) is 164 Å². The average molecular weight is 718 g/mol. The van der Waals surface area contributed by atoms with Crippen LogP contribution in [0, 0.1) is 0 Å². The first-order chi connectivity index (χ1) is 27.8. The van der Waals surface area contributed by atoms with Crippen LogP contribution in [0.15, 0.2) is 212 Å². The van der Waals surface area contributed by atoms with Crippen LogP contribution < -0.4 is 4.90 Å². The summed E-state index contributed by atoms with van der Waals surface area (Å²) in [4.78, 5) is 17.7. The first kappa shape index (κ1) is 33.0. The molecule has 2 aromatic heterocycles. The maximum atomic E-state index is 5.22. The third-order valence-electron chi connectivity index (χ3n) is 10.2. The Kier molecular flexibility index (Phi) is 8.43. The lowest BCUT2D eigenvalue weighted by Gasteiger charge is -2.25. The van der Waals surface area contributed by atoms with E-state index in [1.54, 1.807) is 0 Å². The summed E-state index contributed by atoms with van der Waals surface area (Å²) in [5.74, 6) is 1.80. The molecule has 0 amide bonds. The van der Waals surface area contributed by atoms with Crippen LogP contribution in [0.4, 0.5) is 17.1 Å². The Morgan fingerprint density at radius 3 is 1.48 bits per heavy atom. The molecule has 0 bridgehead atoms. The van der Waals surface area contributed by atoms with Crippen molar-refractivity contribution in [3.05, 3.63) is 212 Å². The van der Waals surface area contributed by atoms with Gasteiger partial charge in [0.15, 0.2) is 11.6 Å². The molecule has 0 spiro atoms. The molecule has 10 aromatic rings. The van der Waals surface area contributed by atoms with Gasteiger partial charge in [0.1, 0.15) is 0 Å². The number of hydrogen-bond acceptors (Lipinski definition) is 4. The molecular weight excluding hydrogens is 683 g/mol. The van der Waals surface area contributed by atoms with Crippen molar-refractivity contribution in [3.8, 4) is 51.0 Å². The molecule has 5 heteroatoms. The number of rotatable bonds is 8. The zero-order valence-corrected chi connectivity index (χ0v) is 30.4. The van der Waals surface area contributed by atoms with Crippen LogP contribution in [-0.2, 0) is 0 Å². The van der Waals surface area contributed by atoms with Crippen molar-refractivity contribution >= 4 is 38.9 Å². The van der Waals surface area contributed by atoms with Crippen LogP contribution in [-0.4, -0.2) is 19.5 Å². The maximum Gasteiger partial charge on any atom is 0.238 e. The van der Waals surface area contributed by atoms with Crippen molar-refractivity contribution < 1.29 is 0 Å². The van der Waals surface area contributed by atoms with Crippen LogP contribution in [0.1, 0.15) is 0 Å². The second kappa shape index (κ2) is 14.3. The average Bonchev–Trinajstić information content (AvgIpc) is 3.63. The van der Waals surface area contributed by atoms with E-state index < -0.39 is 0 Å². The van der Waals surface area contributed by atoms with Crippen molar-refractivity contribution in [2.45, 2.75) is 0 Å². The molecule has 56 heavy (non-hydrogen) atoms. The van der Waals surface area contributed by atoms with Crippen molar-refractivity contribution in [1.29, 1.82) is 0 Å². The second-order valence-corrected chi connectivity index (χ2v) is 13.7. The standard InChI is InChI=1S/C51H35N5/c1-5-17-37(18-6-1)44-28-16-30-47-48(44)45-27-13-14-29-46(45)56(47)51-53-49(38-19-7-2-8-20-38)52-50(54-51)39-33-31-36(32-34-39)40-21-15-26-43(35-40)55(41-22-9-3-10-23-41)42-24-11-4-12-25-42/h1-35H. The molecular formula is C51H35N5. The molecule has 0 radical (unpaired) electrons. The highest BCUT2D eigenvalue weighted by atomic mass is 15.2. The molecule has 10 rings (SSSR count). The van der Waals surface area contributed by atoms with E-state index in [9.17, 15) is 0 Å². The van der Waals surface area contributed by atoms with Gasteiger partial charge in [0.2, 0.25) is 5.95 Å². The fourth-order valence-electron chi connectivity index (χ4n) is 7.64. The molecule has 0 fully saturated rings. The molecule has 0 saturated heterocycles. The van der Waals surface area contributed by atoms with E-state index in [0.717, 1.165) is 55.7 Å². The summed E-state index contributed by atoms with van der Waals surface area (Å²) >= 11 is 0. The molecule has 0 aliphatic carbocycles. The summed E-state index contributed by atoms with van der Waals surface area (Å²) in [5, 5.41) is 2.32. The summed E-state index contributed by atoms with van der Waals surface area (Å²) in [6.07, 6.45) is 0. The van der Waals surface area contributed by atoms with Gasteiger partial charge in [-0.2, -0.15) is 9.97 Å². The Balaban J connectivity index is 1.09. The van der Waals surface area contributed by atoms with Gasteiger partial charge >= 0.3 is 0 Å². The Labute approximate surface area is 325 Å². The lowest BCUT2D eigenvalue weighted by Crippen LogP contribution is -2.09. The normalized spacial score (nSPS) is 11.2. The Hall–Kier alpha value is -7.63. The fraction of sp³-hybridized carbons (Fsp3) is 0. The first-order valence-electron chi connectivity index (χ1n) is 18.8. The number of benzene rings is 8. The lowest BCUT2D eigenvalue weighted by molar-refractivity contribution is 0.953. The second-order valence-electron chi connectivity index (χ2n) is 13.7. The lowest BCUT2D eigenvalue weighted by atomic mass is 9.99. The molecule has 2 heterocycles. The van der Waals surface area contributed by atoms with Gasteiger partial charge in [-0.25, -0.2) is 4.98 Å². The van der Waals surface area contributed by atoms with Crippen molar-refractivity contribution in [1.82, 2.24) is 19.5 Å². The van der Waals surface area contributed by atoms with E-state index in [1.165, 1.54) is 16.5 Å². The molecule has 0 N–H and O–H groups in total. The van der Waals surface area contributed by atoms with Gasteiger partial charge in [-0.3, -0.25) is 4.57 Å². The minimum Gasteiger partial charge on any atom is -0.310 e. The highest BCUT2D eigenvalue weighted by molar-refractivity contribution is 6.15. The third kappa shape index (κ3) is 6.07. The van der Waals surface area contributed by atoms with Gasteiger partial charge in [-0.05, 0) is 70.8 Å².